The maximum atomic E-state index is 12.3. The van der Waals surface area contributed by atoms with Gasteiger partial charge in [0.05, 0.1) is 11.3 Å². The number of allylic oxidation sites excluding steroid dienone is 1. The lowest BCUT2D eigenvalue weighted by Crippen LogP contribution is -2.50. The summed E-state index contributed by atoms with van der Waals surface area (Å²) < 4.78 is 0.560. The quantitative estimate of drug-likeness (QED) is 0.485. The fraction of sp³-hybridized carbons (Fsp3) is 0.600. The van der Waals surface area contributed by atoms with Crippen LogP contribution in [0.2, 0.25) is 0 Å². The molecule has 2 atom stereocenters. The van der Waals surface area contributed by atoms with Crippen molar-refractivity contribution in [1.82, 2.24) is 5.32 Å². The highest BCUT2D eigenvalue weighted by molar-refractivity contribution is 6.25. The first-order valence-electron chi connectivity index (χ1n) is 7.15. The highest BCUT2D eigenvalue weighted by atomic mass is 35.5. The molecule has 0 aromatic heterocycles. The highest BCUT2D eigenvalue weighted by Crippen LogP contribution is 2.39. The van der Waals surface area contributed by atoms with Crippen molar-refractivity contribution in [2.24, 2.45) is 5.10 Å². The van der Waals surface area contributed by atoms with Crippen molar-refractivity contribution in [1.29, 1.82) is 0 Å². The number of nitrogens with one attached hydrogen (secondary N) is 1. The van der Waals surface area contributed by atoms with Gasteiger partial charge in [-0.05, 0) is 20.8 Å². The van der Waals surface area contributed by atoms with Crippen LogP contribution in [0.15, 0.2) is 28.5 Å². The third-order valence-corrected chi connectivity index (χ3v) is 4.50. The van der Waals surface area contributed by atoms with Gasteiger partial charge in [0.2, 0.25) is 0 Å². The van der Waals surface area contributed by atoms with Crippen molar-refractivity contribution >= 4 is 23.2 Å². The Bertz CT molecular complexity index is 557. The Labute approximate surface area is 124 Å². The molecule has 2 unspecified atom stereocenters. The van der Waals surface area contributed by atoms with Gasteiger partial charge in [-0.1, -0.05) is 22.3 Å². The number of halogens is 1. The normalized spacial score (nSPS) is 37.2. The summed E-state index contributed by atoms with van der Waals surface area (Å²) in [5.74, 6) is -0.0439. The van der Waals surface area contributed by atoms with E-state index in [9.17, 15) is 4.79 Å². The molecule has 4 nitrogen and oxygen atoms in total. The second kappa shape index (κ2) is 4.43. The molecule has 0 aromatic carbocycles. The molecule has 1 amide bonds. The second-order valence-corrected chi connectivity index (χ2v) is 7.25. The lowest BCUT2D eigenvalue weighted by Gasteiger charge is -2.34. The maximum absolute atomic E-state index is 12.3. The zero-order chi connectivity index (χ0) is 14.5. The van der Waals surface area contributed by atoms with Crippen LogP contribution in [0.3, 0.4) is 0 Å². The monoisotopic (exact) mass is 294 g/mol. The molecule has 20 heavy (non-hydrogen) atoms. The van der Waals surface area contributed by atoms with Crippen molar-refractivity contribution in [3.63, 3.8) is 0 Å². The van der Waals surface area contributed by atoms with Crippen molar-refractivity contribution < 1.29 is 9.39 Å². The number of nitrogens with zero attached hydrogens (tertiary/aromatic N) is 2. The van der Waals surface area contributed by atoms with Crippen LogP contribution < -0.4 is 5.32 Å². The minimum absolute atomic E-state index is 0.0439. The van der Waals surface area contributed by atoms with Crippen LogP contribution in [-0.4, -0.2) is 33.8 Å². The molecule has 2 aliphatic heterocycles. The molecule has 3 rings (SSSR count). The van der Waals surface area contributed by atoms with E-state index in [2.05, 4.69) is 17.6 Å². The summed E-state index contributed by atoms with van der Waals surface area (Å²) in [6, 6.07) is 0.529. The Morgan fingerprint density at radius 2 is 2.20 bits per heavy atom. The third-order valence-electron chi connectivity index (χ3n) is 4.27. The summed E-state index contributed by atoms with van der Waals surface area (Å²) in [6.07, 6.45) is 7.24. The first-order valence-corrected chi connectivity index (χ1v) is 7.53. The molecular formula is C15H21ClN3O+. The van der Waals surface area contributed by atoms with Crippen LogP contribution in [0, 0.1) is 0 Å². The minimum atomic E-state index is -0.658. The number of quaternary nitrogens is 1. The summed E-state index contributed by atoms with van der Waals surface area (Å²) in [7, 11) is 0. The lowest BCUT2D eigenvalue weighted by atomic mass is 9.96. The van der Waals surface area contributed by atoms with Gasteiger partial charge in [-0.2, -0.15) is 4.59 Å². The molecular weight excluding hydrogens is 274 g/mol. The number of rotatable bonds is 3. The molecule has 5 heteroatoms. The van der Waals surface area contributed by atoms with Crippen LogP contribution in [0.5, 0.6) is 0 Å². The lowest BCUT2D eigenvalue weighted by molar-refractivity contribution is -0.889. The van der Waals surface area contributed by atoms with E-state index in [0.29, 0.717) is 23.6 Å². The summed E-state index contributed by atoms with van der Waals surface area (Å²) >= 11 is 6.26. The predicted molar refractivity (Wildman–Crippen MR) is 80.1 cm³/mol. The molecule has 0 spiro atoms. The molecule has 3 aliphatic rings. The Kier molecular flexibility index (Phi) is 3.07. The fourth-order valence-corrected chi connectivity index (χ4v) is 3.44. The van der Waals surface area contributed by atoms with E-state index in [1.165, 1.54) is 12.8 Å². The summed E-state index contributed by atoms with van der Waals surface area (Å²) in [5.41, 5.74) is 2.96. The Balaban J connectivity index is 1.90. The van der Waals surface area contributed by atoms with Gasteiger partial charge < -0.3 is 5.32 Å². The van der Waals surface area contributed by atoms with Gasteiger partial charge in [0.25, 0.3) is 5.91 Å². The summed E-state index contributed by atoms with van der Waals surface area (Å²) in [4.78, 5) is 11.7. The van der Waals surface area contributed by atoms with E-state index < -0.39 is 5.00 Å². The first kappa shape index (κ1) is 13.8. The van der Waals surface area contributed by atoms with Crippen molar-refractivity contribution in [3.8, 4) is 0 Å². The summed E-state index contributed by atoms with van der Waals surface area (Å²) in [5, 5.41) is 7.66. The summed E-state index contributed by atoms with van der Waals surface area (Å²) in [6.45, 7) is 6.50. The molecule has 1 aliphatic carbocycles. The van der Waals surface area contributed by atoms with Gasteiger partial charge in [0.1, 0.15) is 23.8 Å². The number of hydrogen-bond donors (Lipinski definition) is 1. The molecule has 0 bridgehead atoms. The SMILES string of the molecule is CC1=N[N+](CC2=C(C)CC(C)(Cl)NC2=O)(C2CC2)C=C1. The van der Waals surface area contributed by atoms with Crippen LogP contribution in [-0.2, 0) is 4.79 Å². The molecule has 1 saturated carbocycles. The van der Waals surface area contributed by atoms with Crippen molar-refractivity contribution in [2.45, 2.75) is 51.1 Å². The number of carbonyl (C=O) groups is 1. The minimum Gasteiger partial charge on any atom is -0.333 e. The van der Waals surface area contributed by atoms with E-state index >= 15 is 0 Å². The number of carbonyl (C=O) groups excluding carboxylic acids is 1. The predicted octanol–water partition coefficient (Wildman–Crippen LogP) is 2.66. The highest BCUT2D eigenvalue weighted by Gasteiger charge is 2.48. The van der Waals surface area contributed by atoms with E-state index in [-0.39, 0.29) is 5.91 Å². The standard InChI is InChI=1S/C15H20ClN3O/c1-10-8-15(3,16)17-14(20)13(10)9-19(12-4-5-12)7-6-11(2)18-19/h6-7,12H,4-5,8-9H2,1-3H3/p+1. The van der Waals surface area contributed by atoms with Crippen LogP contribution in [0.1, 0.15) is 40.0 Å². The molecule has 108 valence electrons. The Morgan fingerprint density at radius 1 is 1.50 bits per heavy atom. The maximum Gasteiger partial charge on any atom is 0.254 e. The molecule has 2 heterocycles. The van der Waals surface area contributed by atoms with Gasteiger partial charge >= 0.3 is 0 Å². The van der Waals surface area contributed by atoms with E-state index in [4.69, 9.17) is 16.7 Å². The van der Waals surface area contributed by atoms with Crippen molar-refractivity contribution in [2.75, 3.05) is 6.54 Å². The van der Waals surface area contributed by atoms with E-state index in [1.807, 2.05) is 20.8 Å². The van der Waals surface area contributed by atoms with E-state index in [1.54, 1.807) is 0 Å². The topological polar surface area (TPSA) is 41.5 Å². The number of alkyl halides is 1. The molecule has 0 aromatic rings. The zero-order valence-corrected chi connectivity index (χ0v) is 13.0. The van der Waals surface area contributed by atoms with Crippen LogP contribution in [0.4, 0.5) is 0 Å². The second-order valence-electron chi connectivity index (χ2n) is 6.42. The smallest absolute Gasteiger partial charge is 0.254 e. The van der Waals surface area contributed by atoms with Gasteiger partial charge in [0.15, 0.2) is 0 Å². The molecule has 1 N–H and O–H groups in total. The number of hydrogen-bond acceptors (Lipinski definition) is 2. The van der Waals surface area contributed by atoms with Crippen molar-refractivity contribution in [3.05, 3.63) is 23.4 Å². The molecule has 0 saturated heterocycles. The number of amides is 1. The Morgan fingerprint density at radius 3 is 2.70 bits per heavy atom. The fourth-order valence-electron chi connectivity index (χ4n) is 3.15. The average Bonchev–Trinajstić information content (AvgIpc) is 3.09. The zero-order valence-electron chi connectivity index (χ0n) is 12.2. The average molecular weight is 295 g/mol. The van der Waals surface area contributed by atoms with Crippen LogP contribution in [0.25, 0.3) is 0 Å². The van der Waals surface area contributed by atoms with Crippen LogP contribution >= 0.6 is 11.6 Å². The Hall–Kier alpha value is -1.13. The largest absolute Gasteiger partial charge is 0.333 e. The molecule has 0 radical (unpaired) electrons. The molecule has 1 fully saturated rings. The van der Waals surface area contributed by atoms with Gasteiger partial charge in [-0.25, -0.2) is 0 Å². The third kappa shape index (κ3) is 2.42. The first-order chi connectivity index (χ1) is 9.31. The van der Waals surface area contributed by atoms with Gasteiger partial charge in [-0.15, -0.1) is 0 Å². The van der Waals surface area contributed by atoms with Gasteiger partial charge in [0, 0.05) is 25.3 Å². The van der Waals surface area contributed by atoms with Gasteiger partial charge in [-0.3, -0.25) is 4.79 Å². The van der Waals surface area contributed by atoms with E-state index in [0.717, 1.165) is 16.9 Å².